The van der Waals surface area contributed by atoms with Gasteiger partial charge in [-0.05, 0) is 25.5 Å². The van der Waals surface area contributed by atoms with Gasteiger partial charge >= 0.3 is 0 Å². The van der Waals surface area contributed by atoms with Crippen LogP contribution in [0.4, 0.5) is 0 Å². The Morgan fingerprint density at radius 2 is 1.94 bits per heavy atom. The Morgan fingerprint density at radius 3 is 2.41 bits per heavy atom. The van der Waals surface area contributed by atoms with Crippen molar-refractivity contribution in [3.8, 4) is 0 Å². The minimum absolute atomic E-state index is 0.0910. The van der Waals surface area contributed by atoms with E-state index in [-0.39, 0.29) is 5.91 Å². The quantitative estimate of drug-likeness (QED) is 0.714. The number of nitrogens with zero attached hydrogens (tertiary/aromatic N) is 2. The molecule has 0 spiro atoms. The van der Waals surface area contributed by atoms with E-state index in [9.17, 15) is 9.59 Å². The summed E-state index contributed by atoms with van der Waals surface area (Å²) in [6.45, 7) is 6.07. The van der Waals surface area contributed by atoms with Gasteiger partial charge in [-0.15, -0.1) is 0 Å². The first-order valence-corrected chi connectivity index (χ1v) is 5.67. The average Bonchev–Trinajstić information content (AvgIpc) is 2.69. The van der Waals surface area contributed by atoms with Gasteiger partial charge in [0.25, 0.3) is 5.91 Å². The van der Waals surface area contributed by atoms with Gasteiger partial charge < -0.3 is 14.2 Å². The molecule has 0 atom stereocenters. The van der Waals surface area contributed by atoms with Crippen LogP contribution < -0.4 is 0 Å². The summed E-state index contributed by atoms with van der Waals surface area (Å²) >= 11 is 0. The molecular weight excluding hydrogens is 220 g/mol. The molecule has 1 aromatic rings. The molecule has 2 heterocycles. The van der Waals surface area contributed by atoms with Crippen LogP contribution in [-0.4, -0.2) is 48.3 Å². The second-order valence-corrected chi connectivity index (χ2v) is 4.28. The number of carbonyl (C=O) groups excluding carboxylic acids is 2. The highest BCUT2D eigenvalue weighted by Gasteiger charge is 2.23. The lowest BCUT2D eigenvalue weighted by Gasteiger charge is -2.31. The van der Waals surface area contributed by atoms with Gasteiger partial charge in [-0.2, -0.15) is 0 Å². The molecule has 5 nitrogen and oxygen atoms in total. The fraction of sp³-hybridized carbons (Fsp3) is 0.500. The zero-order valence-electron chi connectivity index (χ0n) is 10.1. The van der Waals surface area contributed by atoms with Gasteiger partial charge in [0.2, 0.25) is 6.41 Å². The van der Waals surface area contributed by atoms with Gasteiger partial charge in [0.1, 0.15) is 5.76 Å². The molecule has 5 heteroatoms. The average molecular weight is 236 g/mol. The third-order valence-corrected chi connectivity index (χ3v) is 3.13. The maximum Gasteiger partial charge on any atom is 0.289 e. The Hall–Kier alpha value is -1.78. The van der Waals surface area contributed by atoms with E-state index in [1.165, 1.54) is 0 Å². The lowest BCUT2D eigenvalue weighted by Crippen LogP contribution is -2.48. The maximum absolute atomic E-state index is 12.1. The van der Waals surface area contributed by atoms with Gasteiger partial charge in [0.15, 0.2) is 5.76 Å². The van der Waals surface area contributed by atoms with Crippen molar-refractivity contribution in [2.45, 2.75) is 13.8 Å². The predicted molar refractivity (Wildman–Crippen MR) is 61.7 cm³/mol. The van der Waals surface area contributed by atoms with E-state index in [2.05, 4.69) is 0 Å². The van der Waals surface area contributed by atoms with Crippen molar-refractivity contribution in [1.29, 1.82) is 0 Å². The summed E-state index contributed by atoms with van der Waals surface area (Å²) in [5.74, 6) is 1.08. The lowest BCUT2D eigenvalue weighted by molar-refractivity contribution is -0.119. The molecule has 0 saturated carbocycles. The van der Waals surface area contributed by atoms with Crippen LogP contribution in [-0.2, 0) is 4.79 Å². The standard InChI is InChI=1S/C12H16N2O3/c1-9-7-11(17-10(9)2)12(16)14-5-3-13(8-15)4-6-14/h7-8H,3-6H2,1-2H3. The molecule has 0 unspecified atom stereocenters. The van der Waals surface area contributed by atoms with E-state index in [0.29, 0.717) is 31.9 Å². The summed E-state index contributed by atoms with van der Waals surface area (Å²) in [5.41, 5.74) is 0.986. The molecule has 0 aromatic carbocycles. The molecule has 92 valence electrons. The van der Waals surface area contributed by atoms with Crippen molar-refractivity contribution in [1.82, 2.24) is 9.80 Å². The van der Waals surface area contributed by atoms with Crippen LogP contribution in [0.25, 0.3) is 0 Å². The van der Waals surface area contributed by atoms with Crippen LogP contribution in [0.15, 0.2) is 10.5 Å². The van der Waals surface area contributed by atoms with Crippen LogP contribution in [0.3, 0.4) is 0 Å². The number of amides is 2. The van der Waals surface area contributed by atoms with E-state index in [4.69, 9.17) is 4.42 Å². The number of carbonyl (C=O) groups is 2. The normalized spacial score (nSPS) is 16.1. The topological polar surface area (TPSA) is 53.8 Å². The molecular formula is C12H16N2O3. The molecule has 1 aromatic heterocycles. The molecule has 17 heavy (non-hydrogen) atoms. The fourth-order valence-corrected chi connectivity index (χ4v) is 1.86. The van der Waals surface area contributed by atoms with Gasteiger partial charge in [0, 0.05) is 26.2 Å². The highest BCUT2D eigenvalue weighted by molar-refractivity contribution is 5.92. The Bertz CT molecular complexity index is 411. The molecule has 1 fully saturated rings. The maximum atomic E-state index is 12.1. The van der Waals surface area contributed by atoms with Gasteiger partial charge in [-0.3, -0.25) is 9.59 Å². The van der Waals surface area contributed by atoms with Crippen LogP contribution in [0.1, 0.15) is 21.9 Å². The Labute approximate surface area is 100.0 Å². The highest BCUT2D eigenvalue weighted by Crippen LogP contribution is 2.15. The second kappa shape index (κ2) is 4.61. The Morgan fingerprint density at radius 1 is 1.29 bits per heavy atom. The smallest absolute Gasteiger partial charge is 0.289 e. The molecule has 1 saturated heterocycles. The third kappa shape index (κ3) is 2.33. The van der Waals surface area contributed by atoms with Crippen LogP contribution >= 0.6 is 0 Å². The number of piperazine rings is 1. The molecule has 1 aliphatic heterocycles. The molecule has 2 rings (SSSR count). The number of hydrogen-bond acceptors (Lipinski definition) is 3. The van der Waals surface area contributed by atoms with Crippen LogP contribution in [0.5, 0.6) is 0 Å². The predicted octanol–water partition coefficient (Wildman–Crippen LogP) is 0.811. The van der Waals surface area contributed by atoms with Gasteiger partial charge in [-0.1, -0.05) is 0 Å². The van der Waals surface area contributed by atoms with E-state index in [1.54, 1.807) is 15.9 Å². The van der Waals surface area contributed by atoms with Crippen molar-refractivity contribution < 1.29 is 14.0 Å². The highest BCUT2D eigenvalue weighted by atomic mass is 16.4. The zero-order chi connectivity index (χ0) is 12.4. The van der Waals surface area contributed by atoms with Crippen LogP contribution in [0.2, 0.25) is 0 Å². The number of hydrogen-bond donors (Lipinski definition) is 0. The molecule has 2 amide bonds. The molecule has 0 radical (unpaired) electrons. The minimum atomic E-state index is -0.0910. The summed E-state index contributed by atoms with van der Waals surface area (Å²) in [7, 11) is 0. The first-order chi connectivity index (χ1) is 8.11. The Balaban J connectivity index is 2.04. The monoisotopic (exact) mass is 236 g/mol. The lowest BCUT2D eigenvalue weighted by atomic mass is 10.2. The van der Waals surface area contributed by atoms with Crippen molar-refractivity contribution in [3.05, 3.63) is 23.2 Å². The van der Waals surface area contributed by atoms with Crippen molar-refractivity contribution in [2.24, 2.45) is 0 Å². The van der Waals surface area contributed by atoms with E-state index >= 15 is 0 Å². The summed E-state index contributed by atoms with van der Waals surface area (Å²) in [5, 5.41) is 0. The summed E-state index contributed by atoms with van der Waals surface area (Å²) in [4.78, 5) is 26.0. The van der Waals surface area contributed by atoms with Crippen molar-refractivity contribution in [3.63, 3.8) is 0 Å². The summed E-state index contributed by atoms with van der Waals surface area (Å²) in [6, 6.07) is 1.77. The first-order valence-electron chi connectivity index (χ1n) is 5.67. The van der Waals surface area contributed by atoms with Crippen molar-refractivity contribution in [2.75, 3.05) is 26.2 Å². The SMILES string of the molecule is Cc1cc(C(=O)N2CCN(C=O)CC2)oc1C. The molecule has 1 aliphatic rings. The number of rotatable bonds is 2. The summed E-state index contributed by atoms with van der Waals surface area (Å²) < 4.78 is 5.41. The number of furan rings is 1. The molecule has 0 aliphatic carbocycles. The minimum Gasteiger partial charge on any atom is -0.456 e. The third-order valence-electron chi connectivity index (χ3n) is 3.13. The van der Waals surface area contributed by atoms with Crippen LogP contribution in [0, 0.1) is 13.8 Å². The van der Waals surface area contributed by atoms with E-state index < -0.39 is 0 Å². The van der Waals surface area contributed by atoms with Crippen molar-refractivity contribution >= 4 is 12.3 Å². The zero-order valence-corrected chi connectivity index (χ0v) is 10.1. The first kappa shape index (κ1) is 11.7. The Kier molecular flexibility index (Phi) is 3.17. The van der Waals surface area contributed by atoms with Gasteiger partial charge in [-0.25, -0.2) is 0 Å². The van der Waals surface area contributed by atoms with Gasteiger partial charge in [0.05, 0.1) is 0 Å². The second-order valence-electron chi connectivity index (χ2n) is 4.28. The molecule has 0 bridgehead atoms. The fourth-order valence-electron chi connectivity index (χ4n) is 1.86. The molecule has 0 N–H and O–H groups in total. The number of aryl methyl sites for hydroxylation is 2. The summed E-state index contributed by atoms with van der Waals surface area (Å²) in [6.07, 6.45) is 0.822. The largest absolute Gasteiger partial charge is 0.456 e. The van der Waals surface area contributed by atoms with E-state index in [0.717, 1.165) is 17.7 Å². The van der Waals surface area contributed by atoms with E-state index in [1.807, 2.05) is 13.8 Å².